The van der Waals surface area contributed by atoms with Gasteiger partial charge >= 0.3 is 0 Å². The highest BCUT2D eigenvalue weighted by Gasteiger charge is 2.12. The average Bonchev–Trinajstić information content (AvgIpc) is 2.84. The summed E-state index contributed by atoms with van der Waals surface area (Å²) in [6, 6.07) is 9.78. The van der Waals surface area contributed by atoms with Gasteiger partial charge in [0.25, 0.3) is 0 Å². The monoisotopic (exact) mass is 283 g/mol. The summed E-state index contributed by atoms with van der Waals surface area (Å²) in [4.78, 5) is 0. The lowest BCUT2D eigenvalue weighted by Crippen LogP contribution is -2.29. The standard InChI is InChI=1S/C14H15Cl2NO/c1-17-12(9-13-3-2-6-18-13)7-10-4-5-11(15)8-14(10)16/h2-6,8,12,17H,7,9H2,1H3. The third-order valence-electron chi connectivity index (χ3n) is 2.92. The summed E-state index contributed by atoms with van der Waals surface area (Å²) in [5.41, 5.74) is 1.09. The van der Waals surface area contributed by atoms with E-state index in [-0.39, 0.29) is 6.04 Å². The minimum atomic E-state index is 0.287. The smallest absolute Gasteiger partial charge is 0.105 e. The predicted molar refractivity (Wildman–Crippen MR) is 75.4 cm³/mol. The number of furan rings is 1. The first-order valence-corrected chi connectivity index (χ1v) is 6.58. The molecule has 0 fully saturated rings. The highest BCUT2D eigenvalue weighted by Crippen LogP contribution is 2.22. The second-order valence-electron chi connectivity index (χ2n) is 4.21. The molecule has 2 nitrogen and oxygen atoms in total. The number of likely N-dealkylation sites (N-methyl/N-ethyl adjacent to an activating group) is 1. The predicted octanol–water partition coefficient (Wildman–Crippen LogP) is 3.96. The molecule has 1 aromatic carbocycles. The van der Waals surface area contributed by atoms with Crippen molar-refractivity contribution in [1.29, 1.82) is 0 Å². The van der Waals surface area contributed by atoms with Crippen LogP contribution in [0.5, 0.6) is 0 Å². The van der Waals surface area contributed by atoms with Crippen molar-refractivity contribution in [2.45, 2.75) is 18.9 Å². The molecule has 0 radical (unpaired) electrons. The van der Waals surface area contributed by atoms with E-state index in [1.165, 1.54) is 0 Å². The first-order valence-electron chi connectivity index (χ1n) is 5.82. The van der Waals surface area contributed by atoms with Gasteiger partial charge in [-0.25, -0.2) is 0 Å². The summed E-state index contributed by atoms with van der Waals surface area (Å²) in [7, 11) is 1.94. The molecule has 2 rings (SSSR count). The fourth-order valence-electron chi connectivity index (χ4n) is 1.90. The fraction of sp³-hybridized carbons (Fsp3) is 0.286. The summed E-state index contributed by atoms with van der Waals surface area (Å²) >= 11 is 12.1. The maximum atomic E-state index is 6.18. The van der Waals surface area contributed by atoms with Crippen LogP contribution < -0.4 is 5.32 Å². The Morgan fingerprint density at radius 3 is 2.67 bits per heavy atom. The van der Waals surface area contributed by atoms with Crippen LogP contribution in [0.1, 0.15) is 11.3 Å². The Balaban J connectivity index is 2.05. The Morgan fingerprint density at radius 2 is 2.06 bits per heavy atom. The second-order valence-corrected chi connectivity index (χ2v) is 5.05. The van der Waals surface area contributed by atoms with Crippen molar-refractivity contribution in [3.63, 3.8) is 0 Å². The SMILES string of the molecule is CNC(Cc1ccco1)Cc1ccc(Cl)cc1Cl. The zero-order valence-corrected chi connectivity index (χ0v) is 11.6. The summed E-state index contributed by atoms with van der Waals surface area (Å²) in [5.74, 6) is 0.972. The fourth-order valence-corrected chi connectivity index (χ4v) is 2.39. The van der Waals surface area contributed by atoms with Gasteiger partial charge in [0.15, 0.2) is 0 Å². The highest BCUT2D eigenvalue weighted by molar-refractivity contribution is 6.35. The molecule has 0 aliphatic heterocycles. The Kier molecular flexibility index (Phi) is 4.70. The molecule has 18 heavy (non-hydrogen) atoms. The molecule has 0 aliphatic rings. The Hall–Kier alpha value is -0.960. The van der Waals surface area contributed by atoms with E-state index in [0.29, 0.717) is 10.0 Å². The molecule has 0 amide bonds. The van der Waals surface area contributed by atoms with Crippen molar-refractivity contribution in [3.05, 3.63) is 58.0 Å². The van der Waals surface area contributed by atoms with Crippen molar-refractivity contribution in [1.82, 2.24) is 5.32 Å². The minimum absolute atomic E-state index is 0.287. The molecule has 1 heterocycles. The highest BCUT2D eigenvalue weighted by atomic mass is 35.5. The quantitative estimate of drug-likeness (QED) is 0.899. The molecule has 0 spiro atoms. The zero-order chi connectivity index (χ0) is 13.0. The van der Waals surface area contributed by atoms with Crippen molar-refractivity contribution in [2.75, 3.05) is 7.05 Å². The van der Waals surface area contributed by atoms with Gasteiger partial charge in [0, 0.05) is 22.5 Å². The van der Waals surface area contributed by atoms with E-state index in [9.17, 15) is 0 Å². The summed E-state index contributed by atoms with van der Waals surface area (Å²) in [5, 5.41) is 4.65. The van der Waals surface area contributed by atoms with E-state index in [2.05, 4.69) is 5.32 Å². The third kappa shape index (κ3) is 3.52. The number of nitrogens with one attached hydrogen (secondary N) is 1. The summed E-state index contributed by atoms with van der Waals surface area (Å²) < 4.78 is 5.36. The Labute approximate surface area is 117 Å². The van der Waals surface area contributed by atoms with Gasteiger partial charge < -0.3 is 9.73 Å². The molecule has 2 aromatic rings. The third-order valence-corrected chi connectivity index (χ3v) is 3.50. The van der Waals surface area contributed by atoms with Crippen LogP contribution >= 0.6 is 23.2 Å². The maximum absolute atomic E-state index is 6.18. The van der Waals surface area contributed by atoms with Crippen LogP contribution in [0.3, 0.4) is 0 Å². The minimum Gasteiger partial charge on any atom is -0.469 e. The molecule has 1 aromatic heterocycles. The molecule has 0 aliphatic carbocycles. The number of hydrogen-bond acceptors (Lipinski definition) is 2. The zero-order valence-electron chi connectivity index (χ0n) is 10.1. The van der Waals surface area contributed by atoms with Crippen LogP contribution in [0, 0.1) is 0 Å². The van der Waals surface area contributed by atoms with Crippen LogP contribution in [0.2, 0.25) is 10.0 Å². The molecule has 0 bridgehead atoms. The van der Waals surface area contributed by atoms with Crippen molar-refractivity contribution >= 4 is 23.2 Å². The van der Waals surface area contributed by atoms with E-state index in [1.807, 2.05) is 31.3 Å². The lowest BCUT2D eigenvalue weighted by atomic mass is 10.0. The van der Waals surface area contributed by atoms with Crippen molar-refractivity contribution < 1.29 is 4.42 Å². The van der Waals surface area contributed by atoms with E-state index in [0.717, 1.165) is 24.2 Å². The maximum Gasteiger partial charge on any atom is 0.105 e. The van der Waals surface area contributed by atoms with Gasteiger partial charge in [-0.1, -0.05) is 29.3 Å². The first kappa shape index (κ1) is 13.5. The molecule has 0 saturated heterocycles. The van der Waals surface area contributed by atoms with Crippen LogP contribution in [0.15, 0.2) is 41.0 Å². The Morgan fingerprint density at radius 1 is 1.22 bits per heavy atom. The largest absolute Gasteiger partial charge is 0.469 e. The summed E-state index contributed by atoms with van der Waals surface area (Å²) in [6.45, 7) is 0. The molecule has 0 saturated carbocycles. The van der Waals surface area contributed by atoms with Crippen LogP contribution in [0.4, 0.5) is 0 Å². The van der Waals surface area contributed by atoms with Crippen molar-refractivity contribution in [3.8, 4) is 0 Å². The number of hydrogen-bond donors (Lipinski definition) is 1. The van der Waals surface area contributed by atoms with Gasteiger partial charge in [-0.3, -0.25) is 0 Å². The number of rotatable bonds is 5. The van der Waals surface area contributed by atoms with Gasteiger partial charge in [-0.15, -0.1) is 0 Å². The van der Waals surface area contributed by atoms with Gasteiger partial charge in [0.1, 0.15) is 5.76 Å². The normalized spacial score (nSPS) is 12.6. The molecule has 1 N–H and O–H groups in total. The average molecular weight is 284 g/mol. The van der Waals surface area contributed by atoms with Crippen LogP contribution in [0.25, 0.3) is 0 Å². The van der Waals surface area contributed by atoms with E-state index >= 15 is 0 Å². The van der Waals surface area contributed by atoms with Gasteiger partial charge in [-0.2, -0.15) is 0 Å². The topological polar surface area (TPSA) is 25.2 Å². The summed E-state index contributed by atoms with van der Waals surface area (Å²) in [6.07, 6.45) is 3.37. The van der Waals surface area contributed by atoms with Crippen molar-refractivity contribution in [2.24, 2.45) is 0 Å². The van der Waals surface area contributed by atoms with E-state index in [1.54, 1.807) is 12.3 Å². The van der Waals surface area contributed by atoms with Crippen LogP contribution in [-0.4, -0.2) is 13.1 Å². The lowest BCUT2D eigenvalue weighted by molar-refractivity contribution is 0.456. The Bertz CT molecular complexity index is 497. The second kappa shape index (κ2) is 6.28. The molecule has 1 unspecified atom stereocenters. The van der Waals surface area contributed by atoms with Gasteiger partial charge in [-0.05, 0) is 43.3 Å². The van der Waals surface area contributed by atoms with E-state index < -0.39 is 0 Å². The molecule has 96 valence electrons. The molecule has 4 heteroatoms. The van der Waals surface area contributed by atoms with Crippen LogP contribution in [-0.2, 0) is 12.8 Å². The lowest BCUT2D eigenvalue weighted by Gasteiger charge is -2.15. The molecular formula is C14H15Cl2NO. The van der Waals surface area contributed by atoms with E-state index in [4.69, 9.17) is 27.6 Å². The molecule has 1 atom stereocenters. The van der Waals surface area contributed by atoms with Gasteiger partial charge in [0.2, 0.25) is 0 Å². The van der Waals surface area contributed by atoms with Gasteiger partial charge in [0.05, 0.1) is 6.26 Å². The molecular weight excluding hydrogens is 269 g/mol. The number of benzene rings is 1. The first-order chi connectivity index (χ1) is 8.69. The number of halogens is 2.